The van der Waals surface area contributed by atoms with Gasteiger partial charge in [0.25, 0.3) is 0 Å². The minimum Gasteiger partial charge on any atom is -0.480 e. The predicted molar refractivity (Wildman–Crippen MR) is 60.9 cm³/mol. The van der Waals surface area contributed by atoms with Crippen LogP contribution in [0.3, 0.4) is 0 Å². The highest BCUT2D eigenvalue weighted by molar-refractivity contribution is 7.99. The number of aryl methyl sites for hydroxylation is 1. The Morgan fingerprint density at radius 2 is 2.38 bits per heavy atom. The first kappa shape index (κ1) is 11.4. The van der Waals surface area contributed by atoms with Crippen LogP contribution in [0, 0.1) is 12.7 Å². The van der Waals surface area contributed by atoms with E-state index in [1.807, 2.05) is 6.07 Å². The number of halogens is 1. The zero-order valence-corrected chi connectivity index (χ0v) is 9.55. The van der Waals surface area contributed by atoms with E-state index in [0.29, 0.717) is 11.3 Å². The molecule has 0 spiro atoms. The molecule has 1 aliphatic rings. The maximum atomic E-state index is 13.3. The monoisotopic (exact) mass is 241 g/mol. The summed E-state index contributed by atoms with van der Waals surface area (Å²) in [5, 5.41) is 11.6. The van der Waals surface area contributed by atoms with Gasteiger partial charge in [-0.3, -0.25) is 10.1 Å². The molecule has 0 radical (unpaired) electrons. The van der Waals surface area contributed by atoms with Gasteiger partial charge in [0.15, 0.2) is 0 Å². The summed E-state index contributed by atoms with van der Waals surface area (Å²) in [4.78, 5) is 10.7. The van der Waals surface area contributed by atoms with Gasteiger partial charge in [0.05, 0.1) is 5.37 Å². The van der Waals surface area contributed by atoms with Crippen LogP contribution in [0.5, 0.6) is 0 Å². The Morgan fingerprint density at radius 3 is 2.94 bits per heavy atom. The molecule has 0 aromatic heterocycles. The number of carboxylic acids is 1. The molecular weight excluding hydrogens is 229 g/mol. The lowest BCUT2D eigenvalue weighted by Crippen LogP contribution is -2.33. The number of carboxylic acid groups (broad SMARTS) is 1. The molecule has 1 heterocycles. The van der Waals surface area contributed by atoms with Crippen molar-refractivity contribution in [1.29, 1.82) is 0 Å². The first-order valence-electron chi connectivity index (χ1n) is 4.94. The number of thioether (sulfide) groups is 1. The van der Waals surface area contributed by atoms with Crippen molar-refractivity contribution in [2.24, 2.45) is 0 Å². The van der Waals surface area contributed by atoms with Crippen LogP contribution in [0.1, 0.15) is 16.5 Å². The van der Waals surface area contributed by atoms with Crippen molar-refractivity contribution < 1.29 is 14.3 Å². The molecular formula is C11H12FNO2S. The zero-order valence-electron chi connectivity index (χ0n) is 8.74. The molecule has 1 saturated heterocycles. The number of rotatable bonds is 2. The van der Waals surface area contributed by atoms with Crippen LogP contribution in [0.2, 0.25) is 0 Å². The topological polar surface area (TPSA) is 49.3 Å². The predicted octanol–water partition coefficient (Wildman–Crippen LogP) is 1.92. The summed E-state index contributed by atoms with van der Waals surface area (Å²) in [6, 6.07) is 4.46. The number of nitrogens with one attached hydrogen (secondary N) is 1. The summed E-state index contributed by atoms with van der Waals surface area (Å²) in [6.07, 6.45) is 0. The van der Waals surface area contributed by atoms with Gasteiger partial charge in [-0.15, -0.1) is 11.8 Å². The van der Waals surface area contributed by atoms with Crippen molar-refractivity contribution in [3.63, 3.8) is 0 Å². The molecule has 2 unspecified atom stereocenters. The third kappa shape index (κ3) is 2.20. The third-order valence-corrected chi connectivity index (χ3v) is 3.85. The lowest BCUT2D eigenvalue weighted by molar-refractivity contribution is -0.138. The number of hydrogen-bond acceptors (Lipinski definition) is 3. The summed E-state index contributed by atoms with van der Waals surface area (Å²) in [5.74, 6) is -0.601. The summed E-state index contributed by atoms with van der Waals surface area (Å²) >= 11 is 1.49. The fourth-order valence-electron chi connectivity index (χ4n) is 1.58. The molecule has 0 amide bonds. The number of carbonyl (C=O) groups is 1. The van der Waals surface area contributed by atoms with Gasteiger partial charge in [-0.05, 0) is 24.1 Å². The molecule has 1 fully saturated rings. The maximum Gasteiger partial charge on any atom is 0.321 e. The highest BCUT2D eigenvalue weighted by Gasteiger charge is 2.30. The zero-order chi connectivity index (χ0) is 11.7. The van der Waals surface area contributed by atoms with Gasteiger partial charge in [-0.2, -0.15) is 0 Å². The van der Waals surface area contributed by atoms with Crippen LogP contribution in [-0.4, -0.2) is 22.9 Å². The molecule has 1 aromatic rings. The molecule has 16 heavy (non-hydrogen) atoms. The molecule has 0 saturated carbocycles. The van der Waals surface area contributed by atoms with E-state index in [1.54, 1.807) is 13.0 Å². The van der Waals surface area contributed by atoms with Gasteiger partial charge >= 0.3 is 5.97 Å². The average Bonchev–Trinajstić information content (AvgIpc) is 2.71. The first-order valence-corrected chi connectivity index (χ1v) is 5.99. The molecule has 0 bridgehead atoms. The van der Waals surface area contributed by atoms with Crippen molar-refractivity contribution in [3.8, 4) is 0 Å². The lowest BCUT2D eigenvalue weighted by atomic mass is 10.1. The Bertz CT molecular complexity index is 424. The standard InChI is InChI=1S/C11H12FNO2S/c1-6-2-3-7(4-8(6)12)10-13-9(5-16-10)11(14)15/h2-4,9-10,13H,5H2,1H3,(H,14,15). The second kappa shape index (κ2) is 4.43. The van der Waals surface area contributed by atoms with Crippen molar-refractivity contribution in [2.45, 2.75) is 18.3 Å². The van der Waals surface area contributed by atoms with Crippen molar-refractivity contribution in [2.75, 3.05) is 5.75 Å². The van der Waals surface area contributed by atoms with Crippen LogP contribution in [-0.2, 0) is 4.79 Å². The summed E-state index contributed by atoms with van der Waals surface area (Å²) in [5.41, 5.74) is 1.39. The van der Waals surface area contributed by atoms with E-state index in [1.165, 1.54) is 17.8 Å². The van der Waals surface area contributed by atoms with E-state index < -0.39 is 12.0 Å². The quantitative estimate of drug-likeness (QED) is 0.830. The van der Waals surface area contributed by atoms with Gasteiger partial charge in [0.2, 0.25) is 0 Å². The first-order chi connectivity index (χ1) is 7.58. The van der Waals surface area contributed by atoms with Crippen molar-refractivity contribution in [1.82, 2.24) is 5.32 Å². The van der Waals surface area contributed by atoms with Gasteiger partial charge in [0, 0.05) is 5.75 Å². The molecule has 1 aromatic carbocycles. The lowest BCUT2D eigenvalue weighted by Gasteiger charge is -2.11. The maximum absolute atomic E-state index is 13.3. The second-order valence-electron chi connectivity index (χ2n) is 3.78. The molecule has 0 aliphatic carbocycles. The third-order valence-electron chi connectivity index (χ3n) is 2.58. The van der Waals surface area contributed by atoms with Crippen LogP contribution in [0.25, 0.3) is 0 Å². The Labute approximate surface area is 97.0 Å². The van der Waals surface area contributed by atoms with Gasteiger partial charge in [-0.1, -0.05) is 12.1 Å². The van der Waals surface area contributed by atoms with Crippen molar-refractivity contribution in [3.05, 3.63) is 35.1 Å². The van der Waals surface area contributed by atoms with E-state index >= 15 is 0 Å². The average molecular weight is 241 g/mol. The molecule has 2 N–H and O–H groups in total. The van der Waals surface area contributed by atoms with Crippen LogP contribution >= 0.6 is 11.8 Å². The van der Waals surface area contributed by atoms with Gasteiger partial charge in [0.1, 0.15) is 11.9 Å². The second-order valence-corrected chi connectivity index (χ2v) is 4.92. The molecule has 86 valence electrons. The van der Waals surface area contributed by atoms with E-state index in [9.17, 15) is 9.18 Å². The number of aliphatic carboxylic acids is 1. The molecule has 2 atom stereocenters. The highest BCUT2D eigenvalue weighted by Crippen LogP contribution is 2.33. The highest BCUT2D eigenvalue weighted by atomic mass is 32.2. The minimum absolute atomic E-state index is 0.129. The van der Waals surface area contributed by atoms with Crippen LogP contribution in [0.15, 0.2) is 18.2 Å². The Balaban J connectivity index is 2.14. The Hall–Kier alpha value is -1.07. The Morgan fingerprint density at radius 1 is 1.62 bits per heavy atom. The van der Waals surface area contributed by atoms with Gasteiger partial charge < -0.3 is 5.11 Å². The number of benzene rings is 1. The fourth-order valence-corrected chi connectivity index (χ4v) is 2.80. The SMILES string of the molecule is Cc1ccc(C2NC(C(=O)O)CS2)cc1F. The van der Waals surface area contributed by atoms with E-state index in [0.717, 1.165) is 5.56 Å². The van der Waals surface area contributed by atoms with E-state index in [2.05, 4.69) is 5.32 Å². The van der Waals surface area contributed by atoms with Crippen LogP contribution in [0.4, 0.5) is 4.39 Å². The largest absolute Gasteiger partial charge is 0.480 e. The van der Waals surface area contributed by atoms with Crippen molar-refractivity contribution >= 4 is 17.7 Å². The fraction of sp³-hybridized carbons (Fsp3) is 0.364. The smallest absolute Gasteiger partial charge is 0.321 e. The summed E-state index contributed by atoms with van der Waals surface area (Å²) in [7, 11) is 0. The molecule has 1 aliphatic heterocycles. The molecule has 3 nitrogen and oxygen atoms in total. The normalized spacial score (nSPS) is 24.6. The Kier molecular flexibility index (Phi) is 3.16. The summed E-state index contributed by atoms with van der Waals surface area (Å²) in [6.45, 7) is 1.70. The van der Waals surface area contributed by atoms with E-state index in [-0.39, 0.29) is 11.2 Å². The van der Waals surface area contributed by atoms with Crippen LogP contribution < -0.4 is 5.32 Å². The van der Waals surface area contributed by atoms with Gasteiger partial charge in [-0.25, -0.2) is 4.39 Å². The molecule has 2 rings (SSSR count). The number of hydrogen-bond donors (Lipinski definition) is 2. The van der Waals surface area contributed by atoms with E-state index in [4.69, 9.17) is 5.11 Å². The summed E-state index contributed by atoms with van der Waals surface area (Å²) < 4.78 is 13.3. The minimum atomic E-state index is -0.859. The molecule has 5 heteroatoms.